The molecule has 2 atom stereocenters. The van der Waals surface area contributed by atoms with E-state index in [-0.39, 0.29) is 23.4 Å². The maximum Gasteiger partial charge on any atom is 0.306 e. The molecule has 2 saturated carbocycles. The highest BCUT2D eigenvalue weighted by Gasteiger charge is 2.34. The van der Waals surface area contributed by atoms with Crippen molar-refractivity contribution in [1.82, 2.24) is 15.1 Å². The van der Waals surface area contributed by atoms with Gasteiger partial charge in [-0.05, 0) is 58.9 Å². The predicted octanol–water partition coefficient (Wildman–Crippen LogP) is 2.50. The van der Waals surface area contributed by atoms with Crippen LogP contribution in [-0.2, 0) is 10.3 Å². The SMILES string of the molecule is CC(C)(C)n1nc(C(=O)N[C@@H]2CC[C@@H](C(=O)O)C2)cc1C1CC1. The van der Waals surface area contributed by atoms with Gasteiger partial charge >= 0.3 is 5.97 Å². The third-order valence-electron chi connectivity index (χ3n) is 4.72. The zero-order chi connectivity index (χ0) is 16.8. The van der Waals surface area contributed by atoms with Crippen molar-refractivity contribution >= 4 is 11.9 Å². The van der Waals surface area contributed by atoms with E-state index < -0.39 is 5.97 Å². The third kappa shape index (κ3) is 3.41. The second-order valence-corrected chi connectivity index (χ2v) is 7.83. The largest absolute Gasteiger partial charge is 0.481 e. The molecular formula is C17H25N3O3. The van der Waals surface area contributed by atoms with Gasteiger partial charge in [-0.3, -0.25) is 14.3 Å². The van der Waals surface area contributed by atoms with E-state index in [2.05, 4.69) is 31.2 Å². The van der Waals surface area contributed by atoms with Gasteiger partial charge in [0, 0.05) is 17.7 Å². The third-order valence-corrected chi connectivity index (χ3v) is 4.72. The summed E-state index contributed by atoms with van der Waals surface area (Å²) < 4.78 is 1.97. The predicted molar refractivity (Wildman–Crippen MR) is 85.4 cm³/mol. The Morgan fingerprint density at radius 1 is 1.26 bits per heavy atom. The Morgan fingerprint density at radius 3 is 2.48 bits per heavy atom. The highest BCUT2D eigenvalue weighted by molar-refractivity contribution is 5.92. The van der Waals surface area contributed by atoms with Crippen LogP contribution in [0.2, 0.25) is 0 Å². The Balaban J connectivity index is 1.72. The monoisotopic (exact) mass is 319 g/mol. The van der Waals surface area contributed by atoms with Gasteiger partial charge in [0.2, 0.25) is 0 Å². The first-order valence-corrected chi connectivity index (χ1v) is 8.40. The van der Waals surface area contributed by atoms with Crippen molar-refractivity contribution in [2.45, 2.75) is 70.4 Å². The van der Waals surface area contributed by atoms with E-state index in [0.717, 1.165) is 25.0 Å². The lowest BCUT2D eigenvalue weighted by Gasteiger charge is -2.22. The Bertz CT molecular complexity index is 626. The molecule has 0 unspecified atom stereocenters. The molecular weight excluding hydrogens is 294 g/mol. The van der Waals surface area contributed by atoms with Crippen molar-refractivity contribution in [3.63, 3.8) is 0 Å². The minimum atomic E-state index is -0.769. The van der Waals surface area contributed by atoms with Crippen LogP contribution in [0.1, 0.15) is 75.0 Å². The lowest BCUT2D eigenvalue weighted by atomic mass is 10.1. The van der Waals surface area contributed by atoms with Crippen molar-refractivity contribution < 1.29 is 14.7 Å². The lowest BCUT2D eigenvalue weighted by Crippen LogP contribution is -2.34. The first kappa shape index (κ1) is 16.0. The van der Waals surface area contributed by atoms with Gasteiger partial charge in [-0.1, -0.05) is 0 Å². The number of aliphatic carboxylic acids is 1. The molecule has 0 aromatic carbocycles. The van der Waals surface area contributed by atoms with Gasteiger partial charge in [0.1, 0.15) is 5.69 Å². The molecule has 0 spiro atoms. The van der Waals surface area contributed by atoms with Crippen molar-refractivity contribution in [2.75, 3.05) is 0 Å². The van der Waals surface area contributed by atoms with Crippen molar-refractivity contribution in [3.8, 4) is 0 Å². The van der Waals surface area contributed by atoms with Crippen LogP contribution in [0.5, 0.6) is 0 Å². The molecule has 0 saturated heterocycles. The fourth-order valence-corrected chi connectivity index (χ4v) is 3.31. The topological polar surface area (TPSA) is 84.2 Å². The summed E-state index contributed by atoms with van der Waals surface area (Å²) in [5, 5.41) is 16.5. The van der Waals surface area contributed by atoms with E-state index >= 15 is 0 Å². The zero-order valence-electron chi connectivity index (χ0n) is 14.0. The maximum atomic E-state index is 12.5. The summed E-state index contributed by atoms with van der Waals surface area (Å²) in [7, 11) is 0. The number of hydrogen-bond acceptors (Lipinski definition) is 3. The Labute approximate surface area is 136 Å². The van der Waals surface area contributed by atoms with Crippen LogP contribution in [-0.4, -0.2) is 32.8 Å². The second-order valence-electron chi connectivity index (χ2n) is 7.83. The zero-order valence-corrected chi connectivity index (χ0v) is 14.0. The fraction of sp³-hybridized carbons (Fsp3) is 0.706. The molecule has 23 heavy (non-hydrogen) atoms. The Morgan fingerprint density at radius 2 is 1.96 bits per heavy atom. The molecule has 1 aromatic rings. The van der Waals surface area contributed by atoms with Gasteiger partial charge in [-0.15, -0.1) is 0 Å². The minimum Gasteiger partial charge on any atom is -0.481 e. The van der Waals surface area contributed by atoms with Crippen molar-refractivity contribution in [2.24, 2.45) is 5.92 Å². The maximum absolute atomic E-state index is 12.5. The molecule has 0 bridgehead atoms. The van der Waals surface area contributed by atoms with Gasteiger partial charge in [0.25, 0.3) is 5.91 Å². The van der Waals surface area contributed by atoms with Crippen LogP contribution in [0.3, 0.4) is 0 Å². The van der Waals surface area contributed by atoms with Gasteiger partial charge in [0.05, 0.1) is 11.5 Å². The van der Waals surface area contributed by atoms with Crippen molar-refractivity contribution in [1.29, 1.82) is 0 Å². The summed E-state index contributed by atoms with van der Waals surface area (Å²) in [6.45, 7) is 6.26. The number of carboxylic acids is 1. The summed E-state index contributed by atoms with van der Waals surface area (Å²) in [6, 6.07) is 1.84. The first-order valence-electron chi connectivity index (χ1n) is 8.40. The van der Waals surface area contributed by atoms with E-state index in [9.17, 15) is 9.59 Å². The number of amides is 1. The van der Waals surface area contributed by atoms with E-state index in [1.54, 1.807) is 0 Å². The standard InChI is InChI=1S/C17H25N3O3/c1-17(2,3)20-14(10-4-5-10)9-13(19-20)15(21)18-12-7-6-11(8-12)16(22)23/h9-12H,4-8H2,1-3H3,(H,18,21)(H,22,23)/t11-,12-/m1/s1. The van der Waals surface area contributed by atoms with E-state index in [4.69, 9.17) is 5.11 Å². The number of rotatable bonds is 4. The molecule has 3 rings (SSSR count). The molecule has 1 amide bonds. The van der Waals surface area contributed by atoms with Gasteiger partial charge in [-0.25, -0.2) is 0 Å². The fourth-order valence-electron chi connectivity index (χ4n) is 3.31. The van der Waals surface area contributed by atoms with E-state index in [1.165, 1.54) is 0 Å². The summed E-state index contributed by atoms with van der Waals surface area (Å²) in [4.78, 5) is 23.5. The average Bonchev–Trinajstić information content (AvgIpc) is 3.01. The number of nitrogens with one attached hydrogen (secondary N) is 1. The highest BCUT2D eigenvalue weighted by atomic mass is 16.4. The molecule has 2 aliphatic carbocycles. The first-order chi connectivity index (χ1) is 10.8. The van der Waals surface area contributed by atoms with Gasteiger partial charge in [0.15, 0.2) is 0 Å². The Kier molecular flexibility index (Phi) is 3.94. The van der Waals surface area contributed by atoms with Crippen LogP contribution in [0, 0.1) is 5.92 Å². The number of carboxylic acid groups (broad SMARTS) is 1. The molecule has 6 heteroatoms. The summed E-state index contributed by atoms with van der Waals surface area (Å²) in [5.74, 6) is -0.777. The minimum absolute atomic E-state index is 0.0623. The molecule has 126 valence electrons. The number of carbonyl (C=O) groups is 2. The Hall–Kier alpha value is -1.85. The summed E-state index contributed by atoms with van der Waals surface area (Å²) in [6.07, 6.45) is 4.18. The number of nitrogens with zero attached hydrogens (tertiary/aromatic N) is 2. The molecule has 1 aromatic heterocycles. The molecule has 2 fully saturated rings. The van der Waals surface area contributed by atoms with E-state index in [1.807, 2.05) is 10.7 Å². The van der Waals surface area contributed by atoms with Crippen LogP contribution in [0.4, 0.5) is 0 Å². The number of aromatic nitrogens is 2. The van der Waals surface area contributed by atoms with Crippen molar-refractivity contribution in [3.05, 3.63) is 17.5 Å². The quantitative estimate of drug-likeness (QED) is 0.893. The highest BCUT2D eigenvalue weighted by Crippen LogP contribution is 2.41. The molecule has 2 aliphatic rings. The van der Waals surface area contributed by atoms with Gasteiger partial charge in [-0.2, -0.15) is 5.10 Å². The van der Waals surface area contributed by atoms with Crippen LogP contribution in [0.25, 0.3) is 0 Å². The average molecular weight is 319 g/mol. The second kappa shape index (κ2) is 5.65. The summed E-state index contributed by atoms with van der Waals surface area (Å²) >= 11 is 0. The summed E-state index contributed by atoms with van der Waals surface area (Å²) in [5.41, 5.74) is 1.43. The molecule has 1 heterocycles. The molecule has 2 N–H and O–H groups in total. The smallest absolute Gasteiger partial charge is 0.306 e. The van der Waals surface area contributed by atoms with Crippen LogP contribution < -0.4 is 5.32 Å². The molecule has 0 aliphatic heterocycles. The molecule has 6 nitrogen and oxygen atoms in total. The molecule has 0 radical (unpaired) electrons. The van der Waals surface area contributed by atoms with E-state index in [0.29, 0.717) is 24.5 Å². The van der Waals surface area contributed by atoms with Crippen LogP contribution >= 0.6 is 0 Å². The normalized spacial score (nSPS) is 24.7. The van der Waals surface area contributed by atoms with Gasteiger partial charge < -0.3 is 10.4 Å². The van der Waals surface area contributed by atoms with Crippen LogP contribution in [0.15, 0.2) is 6.07 Å². The lowest BCUT2D eigenvalue weighted by molar-refractivity contribution is -0.141. The number of hydrogen-bond donors (Lipinski definition) is 2. The number of carbonyl (C=O) groups excluding carboxylic acids is 1.